The minimum atomic E-state index is -0.650. The Bertz CT molecular complexity index is 648. The van der Waals surface area contributed by atoms with Gasteiger partial charge in [0.25, 0.3) is 11.8 Å². The molecule has 6 nitrogen and oxygen atoms in total. The van der Waals surface area contributed by atoms with Gasteiger partial charge in [0.1, 0.15) is 6.04 Å². The topological polar surface area (TPSA) is 82.3 Å². The van der Waals surface area contributed by atoms with Crippen LogP contribution in [0.15, 0.2) is 17.5 Å². The average Bonchev–Trinajstić information content (AvgIpc) is 3.16. The highest BCUT2D eigenvalue weighted by Crippen LogP contribution is 2.29. The van der Waals surface area contributed by atoms with E-state index in [0.29, 0.717) is 27.9 Å². The average molecular weight is 411 g/mol. The van der Waals surface area contributed by atoms with Crippen LogP contribution in [0, 0.1) is 17.8 Å². The summed E-state index contributed by atoms with van der Waals surface area (Å²) in [6.45, 7) is 8.28. The Morgan fingerprint density at radius 3 is 2.59 bits per heavy atom. The van der Waals surface area contributed by atoms with Crippen LogP contribution in [0.4, 0.5) is 0 Å². The summed E-state index contributed by atoms with van der Waals surface area (Å²) in [5.41, 5.74) is 5.41. The van der Waals surface area contributed by atoms with Crippen molar-refractivity contribution in [3.8, 4) is 0 Å². The molecule has 1 aliphatic rings. The zero-order valence-electron chi connectivity index (χ0n) is 16.4. The third-order valence-electron chi connectivity index (χ3n) is 5.30. The molecule has 0 aliphatic heterocycles. The molecule has 1 saturated carbocycles. The van der Waals surface area contributed by atoms with Crippen molar-refractivity contribution in [3.63, 3.8) is 0 Å². The number of nitrogens with one attached hydrogen (secondary N) is 4. The molecule has 0 saturated heterocycles. The van der Waals surface area contributed by atoms with Gasteiger partial charge in [0.2, 0.25) is 0 Å². The van der Waals surface area contributed by atoms with Crippen LogP contribution in [0.3, 0.4) is 0 Å². The highest BCUT2D eigenvalue weighted by atomic mass is 32.1. The second-order valence-corrected chi connectivity index (χ2v) is 8.99. The van der Waals surface area contributed by atoms with E-state index in [2.05, 4.69) is 35.3 Å². The van der Waals surface area contributed by atoms with Crippen LogP contribution in [0.25, 0.3) is 0 Å². The lowest BCUT2D eigenvalue weighted by atomic mass is 9.78. The van der Waals surface area contributed by atoms with Gasteiger partial charge >= 0.3 is 0 Å². The zero-order chi connectivity index (χ0) is 20.0. The molecule has 1 aromatic rings. The molecule has 150 valence electrons. The van der Waals surface area contributed by atoms with E-state index < -0.39 is 6.04 Å². The largest absolute Gasteiger partial charge is 0.358 e. The summed E-state index contributed by atoms with van der Waals surface area (Å²) in [7, 11) is 0. The number of hydrogen-bond acceptors (Lipinski definition) is 4. The number of thiocarbonyl (C=S) groups is 1. The molecular weight excluding hydrogens is 380 g/mol. The summed E-state index contributed by atoms with van der Waals surface area (Å²) in [4.78, 5) is 25.4. The lowest BCUT2D eigenvalue weighted by Gasteiger charge is -2.35. The number of carbonyl (C=O) groups is 2. The molecule has 0 bridgehead atoms. The Morgan fingerprint density at radius 1 is 1.22 bits per heavy atom. The van der Waals surface area contributed by atoms with Gasteiger partial charge in [0, 0.05) is 6.04 Å². The maximum atomic E-state index is 12.5. The molecule has 0 spiro atoms. The number of hydrogen-bond donors (Lipinski definition) is 4. The molecule has 0 aromatic carbocycles. The van der Waals surface area contributed by atoms with Crippen LogP contribution in [0.5, 0.6) is 0 Å². The van der Waals surface area contributed by atoms with Crippen LogP contribution in [0.2, 0.25) is 0 Å². The summed E-state index contributed by atoms with van der Waals surface area (Å²) >= 11 is 6.67. The van der Waals surface area contributed by atoms with Crippen molar-refractivity contribution in [2.45, 2.75) is 59.0 Å². The molecule has 4 N–H and O–H groups in total. The van der Waals surface area contributed by atoms with E-state index in [1.54, 1.807) is 6.07 Å². The number of thiophene rings is 1. The molecule has 1 fully saturated rings. The van der Waals surface area contributed by atoms with Gasteiger partial charge in [0.15, 0.2) is 5.11 Å². The van der Waals surface area contributed by atoms with Gasteiger partial charge in [-0.25, -0.2) is 0 Å². The van der Waals surface area contributed by atoms with E-state index in [4.69, 9.17) is 12.2 Å². The Morgan fingerprint density at radius 2 is 1.96 bits per heavy atom. The molecule has 1 aromatic heterocycles. The first-order chi connectivity index (χ1) is 12.8. The molecule has 0 unspecified atom stereocenters. The predicted octanol–water partition coefficient (Wildman–Crippen LogP) is 2.82. The number of hydrazine groups is 1. The minimum absolute atomic E-state index is 0.0588. The highest BCUT2D eigenvalue weighted by molar-refractivity contribution is 7.80. The van der Waals surface area contributed by atoms with E-state index in [0.717, 1.165) is 6.42 Å². The van der Waals surface area contributed by atoms with E-state index in [1.807, 2.05) is 25.3 Å². The maximum Gasteiger partial charge on any atom is 0.262 e. The Kier molecular flexibility index (Phi) is 8.04. The van der Waals surface area contributed by atoms with Crippen molar-refractivity contribution < 1.29 is 9.59 Å². The molecule has 1 heterocycles. The number of rotatable bonds is 5. The second kappa shape index (κ2) is 10.0. The van der Waals surface area contributed by atoms with Crippen LogP contribution >= 0.6 is 23.6 Å². The van der Waals surface area contributed by atoms with Gasteiger partial charge < -0.3 is 10.6 Å². The normalized spacial score (nSPS) is 23.4. The minimum Gasteiger partial charge on any atom is -0.358 e. The van der Waals surface area contributed by atoms with Crippen LogP contribution in [-0.4, -0.2) is 29.0 Å². The summed E-state index contributed by atoms with van der Waals surface area (Å²) < 4.78 is 0. The Labute approximate surface area is 170 Å². The standard InChI is InChI=1S/C19H30N4O2S2/c1-11(2)16(21-17(24)15-9-6-10-27-15)18(25)22-23-19(26)20-14-8-5-7-12(3)13(14)4/h6,9-14,16H,5,7-8H2,1-4H3,(H,21,24)(H,22,25)(H2,20,23,26)/t12-,13-,14-,16-/m1/s1. The monoisotopic (exact) mass is 410 g/mol. The van der Waals surface area contributed by atoms with Gasteiger partial charge in [-0.15, -0.1) is 11.3 Å². The van der Waals surface area contributed by atoms with E-state index in [1.165, 1.54) is 24.2 Å². The predicted molar refractivity (Wildman–Crippen MR) is 113 cm³/mol. The van der Waals surface area contributed by atoms with E-state index >= 15 is 0 Å². The molecule has 2 amide bonds. The lowest BCUT2D eigenvalue weighted by molar-refractivity contribution is -0.124. The molecular formula is C19H30N4O2S2. The van der Waals surface area contributed by atoms with Crippen molar-refractivity contribution in [3.05, 3.63) is 22.4 Å². The van der Waals surface area contributed by atoms with Crippen molar-refractivity contribution in [1.82, 2.24) is 21.5 Å². The second-order valence-electron chi connectivity index (χ2n) is 7.63. The molecule has 27 heavy (non-hydrogen) atoms. The maximum absolute atomic E-state index is 12.5. The van der Waals surface area contributed by atoms with E-state index in [-0.39, 0.29) is 17.7 Å². The van der Waals surface area contributed by atoms with Crippen molar-refractivity contribution >= 4 is 40.5 Å². The summed E-state index contributed by atoms with van der Waals surface area (Å²) in [6, 6.07) is 3.20. The van der Waals surface area contributed by atoms with Crippen LogP contribution in [0.1, 0.15) is 56.6 Å². The number of carbonyl (C=O) groups excluding carboxylic acids is 2. The van der Waals surface area contributed by atoms with Gasteiger partial charge in [-0.2, -0.15) is 0 Å². The SMILES string of the molecule is CC(C)[C@@H](NC(=O)c1cccs1)C(=O)NNC(=S)N[C@@H]1CCC[C@@H](C)[C@H]1C. The van der Waals surface area contributed by atoms with Crippen LogP contribution < -0.4 is 21.5 Å². The first-order valence-electron chi connectivity index (χ1n) is 9.50. The van der Waals surface area contributed by atoms with Gasteiger partial charge in [0.05, 0.1) is 4.88 Å². The zero-order valence-corrected chi connectivity index (χ0v) is 18.0. The smallest absolute Gasteiger partial charge is 0.262 e. The third kappa shape index (κ3) is 6.17. The Balaban J connectivity index is 1.84. The van der Waals surface area contributed by atoms with Gasteiger partial charge in [-0.3, -0.25) is 20.4 Å². The molecule has 4 atom stereocenters. The van der Waals surface area contributed by atoms with E-state index in [9.17, 15) is 9.59 Å². The van der Waals surface area contributed by atoms with Crippen molar-refractivity contribution in [2.24, 2.45) is 17.8 Å². The fourth-order valence-electron chi connectivity index (χ4n) is 3.34. The fourth-order valence-corrected chi connectivity index (χ4v) is 4.17. The summed E-state index contributed by atoms with van der Waals surface area (Å²) in [6.07, 6.45) is 3.51. The summed E-state index contributed by atoms with van der Waals surface area (Å²) in [5.74, 6) is 0.569. The molecule has 1 aliphatic carbocycles. The quantitative estimate of drug-likeness (QED) is 0.443. The fraction of sp³-hybridized carbons (Fsp3) is 0.632. The van der Waals surface area contributed by atoms with Gasteiger partial charge in [-0.1, -0.05) is 46.6 Å². The van der Waals surface area contributed by atoms with Crippen molar-refractivity contribution in [2.75, 3.05) is 0 Å². The number of amides is 2. The first-order valence-corrected chi connectivity index (χ1v) is 10.8. The lowest BCUT2D eigenvalue weighted by Crippen LogP contribution is -2.57. The van der Waals surface area contributed by atoms with Crippen LogP contribution in [-0.2, 0) is 4.79 Å². The Hall–Kier alpha value is -1.67. The molecule has 2 rings (SSSR count). The molecule has 8 heteroatoms. The van der Waals surface area contributed by atoms with Gasteiger partial charge in [-0.05, 0) is 47.8 Å². The molecule has 0 radical (unpaired) electrons. The highest BCUT2D eigenvalue weighted by Gasteiger charge is 2.28. The summed E-state index contributed by atoms with van der Waals surface area (Å²) in [5, 5.41) is 8.33. The first kappa shape index (κ1) is 21.6. The third-order valence-corrected chi connectivity index (χ3v) is 6.39. The van der Waals surface area contributed by atoms with Crippen molar-refractivity contribution in [1.29, 1.82) is 0 Å².